The number of nitrogens with one attached hydrogen (secondary N) is 1. The second kappa shape index (κ2) is 3.61. The van der Waals surface area contributed by atoms with Gasteiger partial charge in [0, 0.05) is 18.4 Å². The van der Waals surface area contributed by atoms with Crippen LogP contribution in [0.15, 0.2) is 18.6 Å². The molecule has 1 aromatic rings. The Morgan fingerprint density at radius 1 is 1.50 bits per heavy atom. The van der Waals surface area contributed by atoms with Gasteiger partial charge in [-0.3, -0.25) is 9.78 Å². The molecule has 5 nitrogen and oxygen atoms in total. The average Bonchev–Trinajstić information content (AvgIpc) is 2.12. The first-order valence-corrected chi connectivity index (χ1v) is 4.51. The third kappa shape index (κ3) is 1.81. The van der Waals surface area contributed by atoms with Crippen molar-refractivity contribution in [1.29, 1.82) is 0 Å². The monoisotopic (exact) mass is 193 g/mol. The van der Waals surface area contributed by atoms with Crippen LogP contribution in [0.2, 0.25) is 0 Å². The zero-order valence-corrected chi connectivity index (χ0v) is 7.55. The van der Waals surface area contributed by atoms with Crippen molar-refractivity contribution in [3.63, 3.8) is 0 Å². The smallest absolute Gasteiger partial charge is 0.306 e. The highest BCUT2D eigenvalue weighted by Gasteiger charge is 2.34. The molecule has 0 radical (unpaired) electrons. The highest BCUT2D eigenvalue weighted by molar-refractivity contribution is 5.71. The van der Waals surface area contributed by atoms with E-state index in [9.17, 15) is 4.79 Å². The number of anilines is 1. The molecule has 0 amide bonds. The first kappa shape index (κ1) is 8.93. The molecular formula is C9H11N3O2. The number of hydrogen-bond donors (Lipinski definition) is 2. The van der Waals surface area contributed by atoms with Gasteiger partial charge < -0.3 is 10.4 Å². The minimum absolute atomic E-state index is 0.191. The summed E-state index contributed by atoms with van der Waals surface area (Å²) in [5.74, 6) is -0.187. The number of carbonyl (C=O) groups is 1. The summed E-state index contributed by atoms with van der Waals surface area (Å²) in [6.07, 6.45) is 6.19. The SMILES string of the molecule is O=C(O)C1CC(Nc2cnccn2)C1. The molecule has 2 rings (SSSR count). The lowest BCUT2D eigenvalue weighted by molar-refractivity contribution is -0.144. The topological polar surface area (TPSA) is 75.1 Å². The number of nitrogens with zero attached hydrogens (tertiary/aromatic N) is 2. The van der Waals surface area contributed by atoms with E-state index in [1.165, 1.54) is 0 Å². The van der Waals surface area contributed by atoms with Gasteiger partial charge in [0.25, 0.3) is 0 Å². The normalized spacial score (nSPS) is 25.1. The van der Waals surface area contributed by atoms with E-state index >= 15 is 0 Å². The fraction of sp³-hybridized carbons (Fsp3) is 0.444. The Hall–Kier alpha value is -1.65. The summed E-state index contributed by atoms with van der Waals surface area (Å²) in [6.45, 7) is 0. The van der Waals surface area contributed by atoms with Crippen molar-refractivity contribution < 1.29 is 9.90 Å². The van der Waals surface area contributed by atoms with Crippen LogP contribution in [0.5, 0.6) is 0 Å². The lowest BCUT2D eigenvalue weighted by Gasteiger charge is -2.33. The van der Waals surface area contributed by atoms with Crippen LogP contribution in [0.25, 0.3) is 0 Å². The zero-order valence-electron chi connectivity index (χ0n) is 7.55. The minimum atomic E-state index is -0.706. The molecule has 1 saturated carbocycles. The van der Waals surface area contributed by atoms with Gasteiger partial charge in [0.15, 0.2) is 0 Å². The summed E-state index contributed by atoms with van der Waals surface area (Å²) >= 11 is 0. The van der Waals surface area contributed by atoms with Crippen LogP contribution >= 0.6 is 0 Å². The summed E-state index contributed by atoms with van der Waals surface area (Å²) < 4.78 is 0. The molecule has 2 N–H and O–H groups in total. The summed E-state index contributed by atoms with van der Waals surface area (Å²) in [5, 5.41) is 11.8. The molecule has 0 bridgehead atoms. The molecule has 5 heteroatoms. The lowest BCUT2D eigenvalue weighted by atomic mass is 9.80. The summed E-state index contributed by atoms with van der Waals surface area (Å²) in [6, 6.07) is 0.229. The Morgan fingerprint density at radius 2 is 2.29 bits per heavy atom. The van der Waals surface area contributed by atoms with E-state index in [1.54, 1.807) is 18.6 Å². The second-order valence-electron chi connectivity index (χ2n) is 3.44. The number of hydrogen-bond acceptors (Lipinski definition) is 4. The van der Waals surface area contributed by atoms with Gasteiger partial charge in [-0.25, -0.2) is 4.98 Å². The first-order chi connectivity index (χ1) is 6.75. The van der Waals surface area contributed by atoms with Gasteiger partial charge in [-0.2, -0.15) is 0 Å². The van der Waals surface area contributed by atoms with Crippen LogP contribution in [-0.4, -0.2) is 27.1 Å². The molecule has 1 aliphatic rings. The summed E-state index contributed by atoms with van der Waals surface area (Å²) in [7, 11) is 0. The van der Waals surface area contributed by atoms with E-state index in [4.69, 9.17) is 5.11 Å². The van der Waals surface area contributed by atoms with Crippen LogP contribution in [0.1, 0.15) is 12.8 Å². The van der Waals surface area contributed by atoms with Gasteiger partial charge in [0.05, 0.1) is 12.1 Å². The Labute approximate surface area is 81.2 Å². The van der Waals surface area contributed by atoms with Gasteiger partial charge in [0.1, 0.15) is 5.82 Å². The van der Waals surface area contributed by atoms with Crippen LogP contribution in [0, 0.1) is 5.92 Å². The number of aliphatic carboxylic acids is 1. The maximum Gasteiger partial charge on any atom is 0.306 e. The molecule has 0 aromatic carbocycles. The van der Waals surface area contributed by atoms with Gasteiger partial charge in [-0.05, 0) is 12.8 Å². The predicted molar refractivity (Wildman–Crippen MR) is 49.8 cm³/mol. The third-order valence-corrected chi connectivity index (χ3v) is 2.40. The highest BCUT2D eigenvalue weighted by atomic mass is 16.4. The number of carboxylic acids is 1. The Kier molecular flexibility index (Phi) is 2.30. The molecule has 0 saturated heterocycles. The molecule has 14 heavy (non-hydrogen) atoms. The Balaban J connectivity index is 1.82. The first-order valence-electron chi connectivity index (χ1n) is 4.51. The molecule has 1 aromatic heterocycles. The third-order valence-electron chi connectivity index (χ3n) is 2.40. The van der Waals surface area contributed by atoms with Crippen molar-refractivity contribution in [2.24, 2.45) is 5.92 Å². The zero-order chi connectivity index (χ0) is 9.97. The van der Waals surface area contributed by atoms with E-state index in [0.29, 0.717) is 18.7 Å². The molecule has 1 heterocycles. The molecule has 74 valence electrons. The van der Waals surface area contributed by atoms with E-state index in [-0.39, 0.29) is 12.0 Å². The predicted octanol–water partition coefficient (Wildman–Crippen LogP) is 0.752. The van der Waals surface area contributed by atoms with Crippen molar-refractivity contribution in [2.45, 2.75) is 18.9 Å². The minimum Gasteiger partial charge on any atom is -0.481 e. The molecule has 0 atom stereocenters. The molecule has 0 unspecified atom stereocenters. The fourth-order valence-corrected chi connectivity index (χ4v) is 1.52. The van der Waals surface area contributed by atoms with E-state index in [1.807, 2.05) is 0 Å². The molecule has 1 fully saturated rings. The lowest BCUT2D eigenvalue weighted by Crippen LogP contribution is -2.39. The van der Waals surface area contributed by atoms with Gasteiger partial charge in [-0.1, -0.05) is 0 Å². The second-order valence-corrected chi connectivity index (χ2v) is 3.44. The number of carboxylic acid groups (broad SMARTS) is 1. The molecule has 0 aliphatic heterocycles. The average molecular weight is 193 g/mol. The number of aromatic nitrogens is 2. The maximum atomic E-state index is 10.5. The van der Waals surface area contributed by atoms with Crippen LogP contribution in [0.3, 0.4) is 0 Å². The van der Waals surface area contributed by atoms with E-state index < -0.39 is 5.97 Å². The van der Waals surface area contributed by atoms with E-state index in [0.717, 1.165) is 0 Å². The van der Waals surface area contributed by atoms with Crippen molar-refractivity contribution in [2.75, 3.05) is 5.32 Å². The van der Waals surface area contributed by atoms with Crippen LogP contribution in [-0.2, 0) is 4.79 Å². The Bertz CT molecular complexity index is 322. The van der Waals surface area contributed by atoms with E-state index in [2.05, 4.69) is 15.3 Å². The number of rotatable bonds is 3. The maximum absolute atomic E-state index is 10.5. The van der Waals surface area contributed by atoms with Crippen LogP contribution < -0.4 is 5.32 Å². The molecule has 0 spiro atoms. The standard InChI is InChI=1S/C9H11N3O2/c13-9(14)6-3-7(4-6)12-8-5-10-1-2-11-8/h1-2,5-7H,3-4H2,(H,11,12)(H,13,14). The van der Waals surface area contributed by atoms with Gasteiger partial charge in [0.2, 0.25) is 0 Å². The summed E-state index contributed by atoms with van der Waals surface area (Å²) in [4.78, 5) is 18.5. The summed E-state index contributed by atoms with van der Waals surface area (Å²) in [5.41, 5.74) is 0. The fourth-order valence-electron chi connectivity index (χ4n) is 1.52. The Morgan fingerprint density at radius 3 is 2.86 bits per heavy atom. The highest BCUT2D eigenvalue weighted by Crippen LogP contribution is 2.29. The van der Waals surface area contributed by atoms with Crippen LogP contribution in [0.4, 0.5) is 5.82 Å². The van der Waals surface area contributed by atoms with Crippen molar-refractivity contribution >= 4 is 11.8 Å². The largest absolute Gasteiger partial charge is 0.481 e. The van der Waals surface area contributed by atoms with Gasteiger partial charge >= 0.3 is 5.97 Å². The van der Waals surface area contributed by atoms with Crippen molar-refractivity contribution in [3.05, 3.63) is 18.6 Å². The quantitative estimate of drug-likeness (QED) is 0.741. The van der Waals surface area contributed by atoms with Gasteiger partial charge in [-0.15, -0.1) is 0 Å². The molecular weight excluding hydrogens is 182 g/mol. The molecule has 1 aliphatic carbocycles. The van der Waals surface area contributed by atoms with Crippen molar-refractivity contribution in [3.8, 4) is 0 Å². The van der Waals surface area contributed by atoms with Crippen molar-refractivity contribution in [1.82, 2.24) is 9.97 Å².